The maximum Gasteiger partial charge on any atom is 0.138 e. The van der Waals surface area contributed by atoms with Gasteiger partial charge in [-0.05, 0) is 44.0 Å². The molecule has 0 aromatic heterocycles. The van der Waals surface area contributed by atoms with Gasteiger partial charge in [-0.15, -0.1) is 0 Å². The minimum atomic E-state index is 0.335. The number of phenolic OH excluding ortho intramolecular Hbond substituents is 1. The smallest absolute Gasteiger partial charge is 0.138 e. The van der Waals surface area contributed by atoms with E-state index in [1.54, 1.807) is 6.07 Å². The third kappa shape index (κ3) is 2.86. The van der Waals surface area contributed by atoms with Crippen LogP contribution in [0.5, 0.6) is 5.75 Å². The second-order valence-corrected chi connectivity index (χ2v) is 4.11. The predicted octanol–water partition coefficient (Wildman–Crippen LogP) is 1.80. The molecule has 0 spiro atoms. The average Bonchev–Trinajstić information content (AvgIpc) is 2.29. The molecule has 1 aliphatic heterocycles. The summed E-state index contributed by atoms with van der Waals surface area (Å²) in [7, 11) is 0. The van der Waals surface area contributed by atoms with Crippen molar-refractivity contribution < 1.29 is 5.11 Å². The molecule has 1 aliphatic rings. The number of phenols is 1. The first kappa shape index (κ1) is 10.3. The summed E-state index contributed by atoms with van der Waals surface area (Å²) in [6, 6.07) is 7.39. The minimum Gasteiger partial charge on any atom is -0.506 e. The van der Waals surface area contributed by atoms with Gasteiger partial charge in [0.05, 0.1) is 5.69 Å². The van der Waals surface area contributed by atoms with E-state index in [2.05, 4.69) is 10.6 Å². The van der Waals surface area contributed by atoms with Crippen molar-refractivity contribution in [2.45, 2.75) is 12.8 Å². The van der Waals surface area contributed by atoms with Crippen LogP contribution in [0, 0.1) is 5.92 Å². The fourth-order valence-electron chi connectivity index (χ4n) is 1.98. The number of anilines is 1. The molecular weight excluding hydrogens is 188 g/mol. The number of nitrogens with one attached hydrogen (secondary N) is 2. The van der Waals surface area contributed by atoms with Crippen molar-refractivity contribution in [3.63, 3.8) is 0 Å². The first-order chi connectivity index (χ1) is 7.36. The predicted molar refractivity (Wildman–Crippen MR) is 62.2 cm³/mol. The molecule has 3 nitrogen and oxygen atoms in total. The molecule has 3 N–H and O–H groups in total. The lowest BCUT2D eigenvalue weighted by Crippen LogP contribution is -2.33. The van der Waals surface area contributed by atoms with Crippen molar-refractivity contribution in [3.05, 3.63) is 24.3 Å². The van der Waals surface area contributed by atoms with Gasteiger partial charge >= 0.3 is 0 Å². The molecule has 1 fully saturated rings. The van der Waals surface area contributed by atoms with Crippen LogP contribution in [-0.2, 0) is 0 Å². The number of hydrogen-bond donors (Lipinski definition) is 3. The zero-order valence-electron chi connectivity index (χ0n) is 8.87. The third-order valence-electron chi connectivity index (χ3n) is 2.88. The van der Waals surface area contributed by atoms with Gasteiger partial charge in [0.1, 0.15) is 5.75 Å². The van der Waals surface area contributed by atoms with E-state index in [4.69, 9.17) is 0 Å². The van der Waals surface area contributed by atoms with E-state index in [1.807, 2.05) is 18.2 Å². The molecule has 0 aliphatic carbocycles. The number of piperidine rings is 1. The number of aromatic hydroxyl groups is 1. The minimum absolute atomic E-state index is 0.335. The molecular formula is C12H18N2O. The Kier molecular flexibility index (Phi) is 3.45. The van der Waals surface area contributed by atoms with E-state index < -0.39 is 0 Å². The van der Waals surface area contributed by atoms with Gasteiger partial charge in [0.25, 0.3) is 0 Å². The van der Waals surface area contributed by atoms with Crippen LogP contribution in [0.3, 0.4) is 0 Å². The lowest BCUT2D eigenvalue weighted by molar-refractivity contribution is 0.392. The molecule has 0 bridgehead atoms. The van der Waals surface area contributed by atoms with Gasteiger partial charge in [0.2, 0.25) is 0 Å². The highest BCUT2D eigenvalue weighted by atomic mass is 16.3. The standard InChI is InChI=1S/C12H18N2O/c15-12-6-2-1-5-11(12)14-9-10-4-3-7-13-8-10/h1-2,5-6,10,13-15H,3-4,7-9H2. The van der Waals surface area contributed by atoms with Gasteiger partial charge in [-0.3, -0.25) is 0 Å². The molecule has 1 saturated heterocycles. The Labute approximate surface area is 90.5 Å². The quantitative estimate of drug-likeness (QED) is 0.661. The first-order valence-corrected chi connectivity index (χ1v) is 5.59. The Balaban J connectivity index is 1.84. The lowest BCUT2D eigenvalue weighted by atomic mass is 10.00. The highest BCUT2D eigenvalue weighted by Gasteiger charge is 2.12. The number of hydrogen-bond acceptors (Lipinski definition) is 3. The largest absolute Gasteiger partial charge is 0.506 e. The third-order valence-corrected chi connectivity index (χ3v) is 2.88. The van der Waals surface area contributed by atoms with Crippen LogP contribution in [0.25, 0.3) is 0 Å². The van der Waals surface area contributed by atoms with E-state index >= 15 is 0 Å². The molecule has 1 aromatic carbocycles. The molecule has 1 atom stereocenters. The zero-order chi connectivity index (χ0) is 10.5. The van der Waals surface area contributed by atoms with Gasteiger partial charge in [0, 0.05) is 6.54 Å². The number of rotatable bonds is 3. The molecule has 82 valence electrons. The van der Waals surface area contributed by atoms with Crippen molar-refractivity contribution >= 4 is 5.69 Å². The fraction of sp³-hybridized carbons (Fsp3) is 0.500. The van der Waals surface area contributed by atoms with E-state index in [9.17, 15) is 5.11 Å². The van der Waals surface area contributed by atoms with Crippen LogP contribution in [0.15, 0.2) is 24.3 Å². The van der Waals surface area contributed by atoms with E-state index in [1.165, 1.54) is 12.8 Å². The van der Waals surface area contributed by atoms with Crippen molar-refractivity contribution in [1.29, 1.82) is 0 Å². The van der Waals surface area contributed by atoms with Crippen molar-refractivity contribution in [2.75, 3.05) is 25.0 Å². The van der Waals surface area contributed by atoms with Gasteiger partial charge < -0.3 is 15.7 Å². The number of para-hydroxylation sites is 2. The summed E-state index contributed by atoms with van der Waals surface area (Å²) < 4.78 is 0. The SMILES string of the molecule is Oc1ccccc1NCC1CCCNC1. The Morgan fingerprint density at radius 3 is 3.00 bits per heavy atom. The summed E-state index contributed by atoms with van der Waals surface area (Å²) in [5.41, 5.74) is 0.836. The highest BCUT2D eigenvalue weighted by Crippen LogP contribution is 2.22. The van der Waals surface area contributed by atoms with Gasteiger partial charge in [-0.1, -0.05) is 12.1 Å². The van der Waals surface area contributed by atoms with Crippen molar-refractivity contribution in [1.82, 2.24) is 5.32 Å². The maximum absolute atomic E-state index is 9.56. The van der Waals surface area contributed by atoms with E-state index in [-0.39, 0.29) is 0 Å². The Morgan fingerprint density at radius 1 is 1.40 bits per heavy atom. The molecule has 1 unspecified atom stereocenters. The fourth-order valence-corrected chi connectivity index (χ4v) is 1.98. The Bertz CT molecular complexity index is 308. The van der Waals surface area contributed by atoms with Crippen LogP contribution in [0.1, 0.15) is 12.8 Å². The van der Waals surface area contributed by atoms with E-state index in [0.29, 0.717) is 11.7 Å². The van der Waals surface area contributed by atoms with Gasteiger partial charge in [-0.25, -0.2) is 0 Å². The molecule has 0 saturated carbocycles. The topological polar surface area (TPSA) is 44.3 Å². The van der Waals surface area contributed by atoms with Crippen molar-refractivity contribution in [3.8, 4) is 5.75 Å². The van der Waals surface area contributed by atoms with Crippen LogP contribution in [-0.4, -0.2) is 24.7 Å². The Hall–Kier alpha value is -1.22. The van der Waals surface area contributed by atoms with Crippen LogP contribution in [0.2, 0.25) is 0 Å². The van der Waals surface area contributed by atoms with Crippen LogP contribution < -0.4 is 10.6 Å². The van der Waals surface area contributed by atoms with Gasteiger partial charge in [0.15, 0.2) is 0 Å². The summed E-state index contributed by atoms with van der Waals surface area (Å²) in [5.74, 6) is 1.01. The second-order valence-electron chi connectivity index (χ2n) is 4.11. The summed E-state index contributed by atoms with van der Waals surface area (Å²) in [5, 5.41) is 16.2. The normalized spacial score (nSPS) is 21.2. The Morgan fingerprint density at radius 2 is 2.27 bits per heavy atom. The maximum atomic E-state index is 9.56. The summed E-state index contributed by atoms with van der Waals surface area (Å²) in [4.78, 5) is 0. The molecule has 1 heterocycles. The molecule has 0 amide bonds. The lowest BCUT2D eigenvalue weighted by Gasteiger charge is -2.23. The zero-order valence-corrected chi connectivity index (χ0v) is 8.87. The summed E-state index contributed by atoms with van der Waals surface area (Å²) >= 11 is 0. The molecule has 0 radical (unpaired) electrons. The molecule has 2 rings (SSSR count). The molecule has 3 heteroatoms. The van der Waals surface area contributed by atoms with Crippen LogP contribution >= 0.6 is 0 Å². The van der Waals surface area contributed by atoms with E-state index in [0.717, 1.165) is 25.3 Å². The summed E-state index contributed by atoms with van der Waals surface area (Å²) in [6.07, 6.45) is 2.53. The summed E-state index contributed by atoms with van der Waals surface area (Å²) in [6.45, 7) is 3.16. The number of benzene rings is 1. The molecule has 1 aromatic rings. The highest BCUT2D eigenvalue weighted by molar-refractivity contribution is 5.55. The molecule has 15 heavy (non-hydrogen) atoms. The average molecular weight is 206 g/mol. The van der Waals surface area contributed by atoms with Crippen LogP contribution in [0.4, 0.5) is 5.69 Å². The van der Waals surface area contributed by atoms with Gasteiger partial charge in [-0.2, -0.15) is 0 Å². The second kappa shape index (κ2) is 5.03. The first-order valence-electron chi connectivity index (χ1n) is 5.59. The van der Waals surface area contributed by atoms with Crippen molar-refractivity contribution in [2.24, 2.45) is 5.92 Å². The monoisotopic (exact) mass is 206 g/mol.